The predicted octanol–water partition coefficient (Wildman–Crippen LogP) is 3.45. The molecule has 1 aliphatic carbocycles. The molecule has 1 saturated carbocycles. The van der Waals surface area contributed by atoms with Crippen molar-refractivity contribution in [1.82, 2.24) is 5.32 Å². The molecule has 19 heavy (non-hydrogen) atoms. The molecule has 0 radical (unpaired) electrons. The van der Waals surface area contributed by atoms with Gasteiger partial charge in [-0.2, -0.15) is 13.2 Å². The molecule has 0 spiro atoms. The summed E-state index contributed by atoms with van der Waals surface area (Å²) >= 11 is 0. The zero-order chi connectivity index (χ0) is 13.9. The van der Waals surface area contributed by atoms with Crippen LogP contribution in [0, 0.1) is 0 Å². The van der Waals surface area contributed by atoms with E-state index < -0.39 is 18.6 Å². The molecule has 1 unspecified atom stereocenters. The van der Waals surface area contributed by atoms with Gasteiger partial charge in [-0.25, -0.2) is 0 Å². The number of benzene rings is 1. The van der Waals surface area contributed by atoms with Crippen molar-refractivity contribution in [3.8, 4) is 0 Å². The van der Waals surface area contributed by atoms with Crippen LogP contribution in [0.5, 0.6) is 0 Å². The normalized spacial score (nSPS) is 24.8. The first-order valence-corrected chi connectivity index (χ1v) is 6.38. The first-order chi connectivity index (χ1) is 8.98. The number of rotatable bonds is 5. The Labute approximate surface area is 111 Å². The molecule has 5 heteroatoms. The number of alkyl halides is 3. The van der Waals surface area contributed by atoms with Gasteiger partial charge in [0.1, 0.15) is 0 Å². The van der Waals surface area contributed by atoms with E-state index in [1.165, 1.54) is 0 Å². The van der Waals surface area contributed by atoms with Crippen molar-refractivity contribution in [3.05, 3.63) is 35.9 Å². The Hall–Kier alpha value is -1.07. The Morgan fingerprint density at radius 2 is 1.89 bits per heavy atom. The lowest BCUT2D eigenvalue weighted by Gasteiger charge is -2.37. The summed E-state index contributed by atoms with van der Waals surface area (Å²) in [4.78, 5) is 0. The molecule has 1 aromatic carbocycles. The fourth-order valence-corrected chi connectivity index (χ4v) is 2.37. The third-order valence-corrected chi connectivity index (χ3v) is 3.50. The van der Waals surface area contributed by atoms with E-state index in [1.807, 2.05) is 0 Å². The highest BCUT2D eigenvalue weighted by Crippen LogP contribution is 2.32. The molecule has 0 saturated heterocycles. The van der Waals surface area contributed by atoms with Gasteiger partial charge in [0.25, 0.3) is 0 Å². The third kappa shape index (κ3) is 4.21. The van der Waals surface area contributed by atoms with Crippen LogP contribution in [0.3, 0.4) is 0 Å². The maximum Gasteiger partial charge on any atom is 0.390 e. The minimum Gasteiger partial charge on any atom is -0.381 e. The standard InChI is InChI=1S/C14H18F3NO/c1-19-12-7-11(8-12)18-13(9-14(15,16)17)10-5-3-2-4-6-10/h2-6,11-13,18H,7-9H2,1H3. The molecule has 0 amide bonds. The molecule has 106 valence electrons. The van der Waals surface area contributed by atoms with E-state index in [4.69, 9.17) is 4.74 Å². The van der Waals surface area contributed by atoms with Gasteiger partial charge >= 0.3 is 6.18 Å². The fourth-order valence-electron chi connectivity index (χ4n) is 2.37. The molecule has 1 atom stereocenters. The van der Waals surface area contributed by atoms with E-state index in [0.717, 1.165) is 12.8 Å². The summed E-state index contributed by atoms with van der Waals surface area (Å²) < 4.78 is 43.1. The van der Waals surface area contributed by atoms with Gasteiger partial charge in [0, 0.05) is 19.2 Å². The van der Waals surface area contributed by atoms with Gasteiger partial charge in [0.2, 0.25) is 0 Å². The molecule has 0 bridgehead atoms. The van der Waals surface area contributed by atoms with Crippen LogP contribution < -0.4 is 5.32 Å². The van der Waals surface area contributed by atoms with Gasteiger partial charge in [-0.1, -0.05) is 30.3 Å². The van der Waals surface area contributed by atoms with Gasteiger partial charge in [0.15, 0.2) is 0 Å². The summed E-state index contributed by atoms with van der Waals surface area (Å²) in [6.07, 6.45) is -3.28. The molecular weight excluding hydrogens is 255 g/mol. The molecule has 0 aromatic heterocycles. The lowest BCUT2D eigenvalue weighted by molar-refractivity contribution is -0.141. The van der Waals surface area contributed by atoms with Crippen molar-refractivity contribution >= 4 is 0 Å². The second-order valence-corrected chi connectivity index (χ2v) is 4.98. The number of hydrogen-bond acceptors (Lipinski definition) is 2. The van der Waals surface area contributed by atoms with E-state index >= 15 is 0 Å². The number of nitrogens with one attached hydrogen (secondary N) is 1. The molecule has 2 rings (SSSR count). The van der Waals surface area contributed by atoms with Crippen molar-refractivity contribution in [2.45, 2.75) is 43.6 Å². The number of methoxy groups -OCH3 is 1. The van der Waals surface area contributed by atoms with E-state index in [-0.39, 0.29) is 12.1 Å². The molecule has 2 nitrogen and oxygen atoms in total. The Kier molecular flexibility index (Phi) is 4.47. The minimum atomic E-state index is -4.17. The molecule has 1 aliphatic rings. The van der Waals surface area contributed by atoms with Gasteiger partial charge in [-0.05, 0) is 18.4 Å². The number of ether oxygens (including phenoxy) is 1. The fraction of sp³-hybridized carbons (Fsp3) is 0.571. The largest absolute Gasteiger partial charge is 0.390 e. The Bertz CT molecular complexity index is 387. The Morgan fingerprint density at radius 3 is 2.42 bits per heavy atom. The quantitative estimate of drug-likeness (QED) is 0.887. The minimum absolute atomic E-state index is 0.109. The van der Waals surface area contributed by atoms with E-state index in [0.29, 0.717) is 5.56 Å². The Morgan fingerprint density at radius 1 is 1.26 bits per heavy atom. The van der Waals surface area contributed by atoms with Gasteiger partial charge < -0.3 is 10.1 Å². The van der Waals surface area contributed by atoms with E-state index in [1.54, 1.807) is 37.4 Å². The van der Waals surface area contributed by atoms with E-state index in [9.17, 15) is 13.2 Å². The second kappa shape index (κ2) is 5.92. The number of hydrogen-bond donors (Lipinski definition) is 1. The molecule has 0 aliphatic heterocycles. The van der Waals surface area contributed by atoms with Crippen LogP contribution in [0.1, 0.15) is 30.9 Å². The third-order valence-electron chi connectivity index (χ3n) is 3.50. The molecular formula is C14H18F3NO. The predicted molar refractivity (Wildman–Crippen MR) is 66.8 cm³/mol. The van der Waals surface area contributed by atoms with Crippen molar-refractivity contribution < 1.29 is 17.9 Å². The van der Waals surface area contributed by atoms with Crippen molar-refractivity contribution in [3.63, 3.8) is 0 Å². The van der Waals surface area contributed by atoms with Crippen molar-refractivity contribution in [2.75, 3.05) is 7.11 Å². The summed E-state index contributed by atoms with van der Waals surface area (Å²) in [5.74, 6) is 0. The number of halogens is 3. The van der Waals surface area contributed by atoms with Crippen LogP contribution in [0.25, 0.3) is 0 Å². The average Bonchev–Trinajstić information content (AvgIpc) is 2.31. The van der Waals surface area contributed by atoms with Crippen LogP contribution >= 0.6 is 0 Å². The highest BCUT2D eigenvalue weighted by atomic mass is 19.4. The second-order valence-electron chi connectivity index (χ2n) is 4.98. The lowest BCUT2D eigenvalue weighted by atomic mass is 9.87. The summed E-state index contributed by atoms with van der Waals surface area (Å²) in [5.41, 5.74) is 0.681. The van der Waals surface area contributed by atoms with Crippen molar-refractivity contribution in [1.29, 1.82) is 0 Å². The summed E-state index contributed by atoms with van der Waals surface area (Å²) in [5, 5.41) is 3.09. The highest BCUT2D eigenvalue weighted by Gasteiger charge is 2.36. The Balaban J connectivity index is 1.99. The summed E-state index contributed by atoms with van der Waals surface area (Å²) in [6.45, 7) is 0. The van der Waals surface area contributed by atoms with Gasteiger partial charge in [0.05, 0.1) is 12.5 Å². The lowest BCUT2D eigenvalue weighted by Crippen LogP contribution is -2.47. The van der Waals surface area contributed by atoms with Gasteiger partial charge in [-0.15, -0.1) is 0 Å². The smallest absolute Gasteiger partial charge is 0.381 e. The van der Waals surface area contributed by atoms with E-state index in [2.05, 4.69) is 5.32 Å². The molecule has 1 aromatic rings. The maximum absolute atomic E-state index is 12.6. The average molecular weight is 273 g/mol. The summed E-state index contributed by atoms with van der Waals surface area (Å²) in [7, 11) is 1.63. The molecule has 1 fully saturated rings. The van der Waals surface area contributed by atoms with Crippen LogP contribution in [0.2, 0.25) is 0 Å². The van der Waals surface area contributed by atoms with Crippen molar-refractivity contribution in [2.24, 2.45) is 0 Å². The van der Waals surface area contributed by atoms with Crippen LogP contribution in [0.4, 0.5) is 13.2 Å². The highest BCUT2D eigenvalue weighted by molar-refractivity contribution is 5.19. The van der Waals surface area contributed by atoms with Crippen LogP contribution in [-0.2, 0) is 4.74 Å². The first-order valence-electron chi connectivity index (χ1n) is 6.38. The topological polar surface area (TPSA) is 21.3 Å². The van der Waals surface area contributed by atoms with Gasteiger partial charge in [-0.3, -0.25) is 0 Å². The zero-order valence-corrected chi connectivity index (χ0v) is 10.8. The SMILES string of the molecule is COC1CC(NC(CC(F)(F)F)c2ccccc2)C1. The molecule has 1 N–H and O–H groups in total. The summed E-state index contributed by atoms with van der Waals surface area (Å²) in [6, 6.07) is 8.23. The monoisotopic (exact) mass is 273 g/mol. The maximum atomic E-state index is 12.6. The zero-order valence-electron chi connectivity index (χ0n) is 10.8. The van der Waals surface area contributed by atoms with Crippen LogP contribution in [0.15, 0.2) is 30.3 Å². The van der Waals surface area contributed by atoms with Crippen LogP contribution in [-0.4, -0.2) is 25.4 Å². The molecule has 0 heterocycles. The first kappa shape index (κ1) is 14.3.